The lowest BCUT2D eigenvalue weighted by molar-refractivity contribution is -0.127. The van der Waals surface area contributed by atoms with E-state index >= 15 is 0 Å². The number of carbonyl (C=O) groups excluding carboxylic acids is 1. The summed E-state index contributed by atoms with van der Waals surface area (Å²) < 4.78 is 0. The van der Waals surface area contributed by atoms with Crippen LogP contribution in [0.3, 0.4) is 0 Å². The number of aliphatic imine (C=N–C) groups is 1. The van der Waals surface area contributed by atoms with E-state index in [4.69, 9.17) is 5.84 Å². The number of carbonyl (C=O) groups is 1. The molecule has 1 amide bonds. The van der Waals surface area contributed by atoms with Gasteiger partial charge in [0.25, 0.3) is 0 Å². The van der Waals surface area contributed by atoms with E-state index in [1.54, 1.807) is 14.1 Å². The van der Waals surface area contributed by atoms with Crippen molar-refractivity contribution < 1.29 is 4.79 Å². The van der Waals surface area contributed by atoms with Crippen molar-refractivity contribution in [3.8, 4) is 0 Å². The van der Waals surface area contributed by atoms with Gasteiger partial charge in [-0.05, 0) is 6.92 Å². The number of nitrogens with two attached hydrogens (primary N) is 1. The maximum absolute atomic E-state index is 11.1. The van der Waals surface area contributed by atoms with Crippen molar-refractivity contribution in [2.24, 2.45) is 10.8 Å². The first-order chi connectivity index (χ1) is 6.11. The van der Waals surface area contributed by atoms with Crippen molar-refractivity contribution in [3.63, 3.8) is 0 Å². The normalized spacial score (nSPS) is 10.9. The first-order valence-corrected chi connectivity index (χ1v) is 4.06. The molecule has 0 aromatic carbocycles. The Morgan fingerprint density at radius 1 is 1.54 bits per heavy atom. The van der Waals surface area contributed by atoms with Gasteiger partial charge in [-0.25, -0.2) is 10.8 Å². The highest BCUT2D eigenvalue weighted by atomic mass is 16.2. The predicted octanol–water partition coefficient (Wildman–Crippen LogP) is -1.50. The van der Waals surface area contributed by atoms with Crippen LogP contribution in [0.1, 0.15) is 6.92 Å². The Kier molecular flexibility index (Phi) is 5.62. The van der Waals surface area contributed by atoms with Crippen LogP contribution in [0.2, 0.25) is 0 Å². The number of guanidine groups is 1. The minimum absolute atomic E-state index is 0.0642. The van der Waals surface area contributed by atoms with Gasteiger partial charge in [-0.2, -0.15) is 0 Å². The average Bonchev–Trinajstić information content (AvgIpc) is 2.11. The molecule has 0 unspecified atom stereocenters. The van der Waals surface area contributed by atoms with Gasteiger partial charge in [-0.15, -0.1) is 0 Å². The topological polar surface area (TPSA) is 82.8 Å². The number of hydrazine groups is 1. The molecule has 76 valence electrons. The van der Waals surface area contributed by atoms with E-state index in [-0.39, 0.29) is 12.5 Å². The van der Waals surface area contributed by atoms with Crippen LogP contribution in [0.25, 0.3) is 0 Å². The van der Waals surface area contributed by atoms with E-state index in [2.05, 4.69) is 15.7 Å². The van der Waals surface area contributed by atoms with Crippen molar-refractivity contribution in [2.75, 3.05) is 27.2 Å². The molecule has 0 aliphatic carbocycles. The van der Waals surface area contributed by atoms with Crippen LogP contribution in [-0.2, 0) is 4.79 Å². The van der Waals surface area contributed by atoms with Crippen molar-refractivity contribution in [1.82, 2.24) is 15.6 Å². The third-order valence-electron chi connectivity index (χ3n) is 1.35. The molecule has 0 fully saturated rings. The second-order valence-electron chi connectivity index (χ2n) is 2.63. The molecule has 0 spiro atoms. The van der Waals surface area contributed by atoms with Gasteiger partial charge in [-0.3, -0.25) is 10.2 Å². The fourth-order valence-electron chi connectivity index (χ4n) is 0.608. The van der Waals surface area contributed by atoms with E-state index in [1.807, 2.05) is 6.92 Å². The summed E-state index contributed by atoms with van der Waals surface area (Å²) in [7, 11) is 3.36. The number of likely N-dealkylation sites (N-methyl/N-ethyl adjacent to an activating group) is 1. The Hall–Kier alpha value is -1.30. The van der Waals surface area contributed by atoms with E-state index in [0.717, 1.165) is 0 Å². The van der Waals surface area contributed by atoms with Gasteiger partial charge in [0, 0.05) is 20.6 Å². The predicted molar refractivity (Wildman–Crippen MR) is 52.0 cm³/mol. The number of amides is 1. The zero-order chi connectivity index (χ0) is 10.3. The Balaban J connectivity index is 3.98. The number of nitrogens with zero attached hydrogens (tertiary/aromatic N) is 2. The Morgan fingerprint density at radius 2 is 2.15 bits per heavy atom. The molecule has 0 heterocycles. The second kappa shape index (κ2) is 6.24. The Labute approximate surface area is 78.2 Å². The highest BCUT2D eigenvalue weighted by Gasteiger charge is 2.02. The number of nitrogens with one attached hydrogen (secondary N) is 2. The molecule has 0 aromatic rings. The zero-order valence-corrected chi connectivity index (χ0v) is 8.29. The van der Waals surface area contributed by atoms with Gasteiger partial charge in [0.15, 0.2) is 0 Å². The lowest BCUT2D eigenvalue weighted by atomic mass is 10.5. The average molecular weight is 187 g/mol. The fraction of sp³-hybridized carbons (Fsp3) is 0.714. The zero-order valence-electron chi connectivity index (χ0n) is 8.29. The Morgan fingerprint density at radius 3 is 2.54 bits per heavy atom. The van der Waals surface area contributed by atoms with Gasteiger partial charge >= 0.3 is 0 Å². The van der Waals surface area contributed by atoms with E-state index in [0.29, 0.717) is 12.5 Å². The summed E-state index contributed by atoms with van der Waals surface area (Å²) in [6.45, 7) is 2.72. The third-order valence-corrected chi connectivity index (χ3v) is 1.35. The molecule has 13 heavy (non-hydrogen) atoms. The molecule has 6 heteroatoms. The van der Waals surface area contributed by atoms with Crippen LogP contribution in [0.5, 0.6) is 0 Å². The van der Waals surface area contributed by atoms with Gasteiger partial charge in [0.05, 0.1) is 0 Å². The minimum Gasteiger partial charge on any atom is -0.356 e. The smallest absolute Gasteiger partial charge is 0.243 e. The molecule has 0 saturated carbocycles. The Bertz CT molecular complexity index is 189. The number of hydrogen-bond acceptors (Lipinski definition) is 3. The lowest BCUT2D eigenvalue weighted by Crippen LogP contribution is -2.42. The van der Waals surface area contributed by atoms with E-state index in [9.17, 15) is 4.79 Å². The maximum atomic E-state index is 11.1. The molecule has 0 atom stereocenters. The van der Waals surface area contributed by atoms with Crippen LogP contribution in [-0.4, -0.2) is 44.0 Å². The molecule has 0 bridgehead atoms. The first-order valence-electron chi connectivity index (χ1n) is 4.06. The van der Waals surface area contributed by atoms with Crippen LogP contribution in [0, 0.1) is 0 Å². The second-order valence-corrected chi connectivity index (χ2v) is 2.63. The van der Waals surface area contributed by atoms with Gasteiger partial charge < -0.3 is 10.2 Å². The monoisotopic (exact) mass is 187 g/mol. The quantitative estimate of drug-likeness (QED) is 0.217. The summed E-state index contributed by atoms with van der Waals surface area (Å²) in [5.74, 6) is 5.52. The minimum atomic E-state index is -0.0642. The molecule has 0 aromatic heterocycles. The van der Waals surface area contributed by atoms with Crippen LogP contribution in [0.15, 0.2) is 4.99 Å². The summed E-state index contributed by atoms with van der Waals surface area (Å²) >= 11 is 0. The molecule has 0 aliphatic rings. The van der Waals surface area contributed by atoms with Gasteiger partial charge in [0.2, 0.25) is 11.9 Å². The molecule has 4 N–H and O–H groups in total. The number of hydrogen-bond donors (Lipinski definition) is 3. The SMILES string of the molecule is CCNC(=NCC(=O)N(C)C)NN. The fourth-order valence-corrected chi connectivity index (χ4v) is 0.608. The van der Waals surface area contributed by atoms with Crippen LogP contribution < -0.4 is 16.6 Å². The van der Waals surface area contributed by atoms with Crippen LogP contribution in [0.4, 0.5) is 0 Å². The number of rotatable bonds is 3. The van der Waals surface area contributed by atoms with Gasteiger partial charge in [-0.1, -0.05) is 0 Å². The highest BCUT2D eigenvalue weighted by molar-refractivity contribution is 5.84. The summed E-state index contributed by atoms with van der Waals surface area (Å²) in [5, 5.41) is 2.87. The van der Waals surface area contributed by atoms with Crippen molar-refractivity contribution in [2.45, 2.75) is 6.92 Å². The molecule has 0 saturated heterocycles. The lowest BCUT2D eigenvalue weighted by Gasteiger charge is -2.09. The molecular weight excluding hydrogens is 170 g/mol. The van der Waals surface area contributed by atoms with Gasteiger partial charge in [0.1, 0.15) is 6.54 Å². The first kappa shape index (κ1) is 11.7. The standard InChI is InChI=1S/C7H17N5O/c1-4-9-7(11-8)10-5-6(13)12(2)3/h4-5,8H2,1-3H3,(H2,9,10,11). The molecule has 0 radical (unpaired) electrons. The van der Waals surface area contributed by atoms with E-state index < -0.39 is 0 Å². The highest BCUT2D eigenvalue weighted by Crippen LogP contribution is 1.80. The summed E-state index contributed by atoms with van der Waals surface area (Å²) in [5.41, 5.74) is 2.37. The van der Waals surface area contributed by atoms with Crippen molar-refractivity contribution >= 4 is 11.9 Å². The van der Waals surface area contributed by atoms with E-state index in [1.165, 1.54) is 4.90 Å². The summed E-state index contributed by atoms with van der Waals surface area (Å²) in [6, 6.07) is 0. The summed E-state index contributed by atoms with van der Waals surface area (Å²) in [6.07, 6.45) is 0. The third kappa shape index (κ3) is 5.02. The summed E-state index contributed by atoms with van der Waals surface area (Å²) in [4.78, 5) is 16.5. The van der Waals surface area contributed by atoms with Crippen LogP contribution >= 0.6 is 0 Å². The molecular formula is C7H17N5O. The molecule has 0 rings (SSSR count). The molecule has 0 aliphatic heterocycles. The largest absolute Gasteiger partial charge is 0.356 e. The molecule has 6 nitrogen and oxygen atoms in total. The van der Waals surface area contributed by atoms with Crippen molar-refractivity contribution in [3.05, 3.63) is 0 Å². The van der Waals surface area contributed by atoms with Crippen molar-refractivity contribution in [1.29, 1.82) is 0 Å². The maximum Gasteiger partial charge on any atom is 0.243 e.